The fourth-order valence-electron chi connectivity index (χ4n) is 1.05. The Kier molecular flexibility index (Phi) is 4.29. The van der Waals surface area contributed by atoms with Crippen LogP contribution in [0.3, 0.4) is 0 Å². The van der Waals surface area contributed by atoms with Gasteiger partial charge in [-0.1, -0.05) is 17.7 Å². The highest BCUT2D eigenvalue weighted by atomic mass is 35.5. The molecule has 1 atom stereocenters. The molecular weight excluding hydrogens is 226 g/mol. The van der Waals surface area contributed by atoms with Gasteiger partial charge in [-0.25, -0.2) is 8.78 Å². The van der Waals surface area contributed by atoms with Crippen LogP contribution >= 0.6 is 11.6 Å². The standard InChI is InChI=1S/C10H11ClF2O2/c1-6(14)7-2-3-9(8(11)4-7)15-5-10(12)13/h2-4,6,10,14H,5H2,1H3. The zero-order valence-electron chi connectivity index (χ0n) is 8.08. The maximum atomic E-state index is 11.9. The maximum absolute atomic E-state index is 11.9. The third-order valence-electron chi connectivity index (χ3n) is 1.80. The van der Waals surface area contributed by atoms with E-state index >= 15 is 0 Å². The van der Waals surface area contributed by atoms with Gasteiger partial charge in [0.25, 0.3) is 6.43 Å². The van der Waals surface area contributed by atoms with E-state index in [9.17, 15) is 13.9 Å². The Hall–Kier alpha value is -0.870. The topological polar surface area (TPSA) is 29.5 Å². The first-order valence-corrected chi connectivity index (χ1v) is 4.77. The predicted molar refractivity (Wildman–Crippen MR) is 53.6 cm³/mol. The molecule has 0 heterocycles. The van der Waals surface area contributed by atoms with Crippen molar-refractivity contribution in [2.75, 3.05) is 6.61 Å². The quantitative estimate of drug-likeness (QED) is 0.871. The summed E-state index contributed by atoms with van der Waals surface area (Å²) in [4.78, 5) is 0. The molecule has 1 aromatic carbocycles. The molecule has 0 amide bonds. The zero-order valence-corrected chi connectivity index (χ0v) is 8.84. The molecule has 1 N–H and O–H groups in total. The summed E-state index contributed by atoms with van der Waals surface area (Å²) in [6.07, 6.45) is -3.18. The van der Waals surface area contributed by atoms with Gasteiger partial charge in [-0.15, -0.1) is 0 Å². The molecule has 0 aliphatic heterocycles. The zero-order chi connectivity index (χ0) is 11.4. The Morgan fingerprint density at radius 1 is 1.47 bits per heavy atom. The highest BCUT2D eigenvalue weighted by Gasteiger charge is 2.09. The molecule has 15 heavy (non-hydrogen) atoms. The van der Waals surface area contributed by atoms with E-state index < -0.39 is 19.1 Å². The number of aliphatic hydroxyl groups excluding tert-OH is 1. The van der Waals surface area contributed by atoms with Crippen molar-refractivity contribution < 1.29 is 18.6 Å². The number of hydrogen-bond donors (Lipinski definition) is 1. The summed E-state index contributed by atoms with van der Waals surface area (Å²) >= 11 is 5.78. The lowest BCUT2D eigenvalue weighted by molar-refractivity contribution is 0.0819. The van der Waals surface area contributed by atoms with E-state index in [0.717, 1.165) is 0 Å². The Labute approximate surface area is 91.4 Å². The van der Waals surface area contributed by atoms with Crippen LogP contribution in [-0.4, -0.2) is 18.1 Å². The first-order chi connectivity index (χ1) is 7.00. The van der Waals surface area contributed by atoms with Gasteiger partial charge in [-0.3, -0.25) is 0 Å². The summed E-state index contributed by atoms with van der Waals surface area (Å²) < 4.78 is 28.5. The van der Waals surface area contributed by atoms with E-state index in [1.165, 1.54) is 12.1 Å². The Balaban J connectivity index is 2.75. The number of rotatable bonds is 4. The monoisotopic (exact) mass is 236 g/mol. The van der Waals surface area contributed by atoms with E-state index in [1.54, 1.807) is 13.0 Å². The van der Waals surface area contributed by atoms with Crippen molar-refractivity contribution in [2.24, 2.45) is 0 Å². The molecule has 1 aromatic rings. The SMILES string of the molecule is CC(O)c1ccc(OCC(F)F)c(Cl)c1. The molecule has 2 nitrogen and oxygen atoms in total. The van der Waals surface area contributed by atoms with Crippen LogP contribution in [0.15, 0.2) is 18.2 Å². The molecular formula is C10H11ClF2O2. The Morgan fingerprint density at radius 2 is 2.13 bits per heavy atom. The van der Waals surface area contributed by atoms with Crippen LogP contribution in [0, 0.1) is 0 Å². The normalized spacial score (nSPS) is 12.9. The van der Waals surface area contributed by atoms with E-state index in [4.69, 9.17) is 16.3 Å². The maximum Gasteiger partial charge on any atom is 0.272 e. The lowest BCUT2D eigenvalue weighted by Crippen LogP contribution is -2.07. The summed E-state index contributed by atoms with van der Waals surface area (Å²) in [6, 6.07) is 4.54. The molecule has 0 spiro atoms. The summed E-state index contributed by atoms with van der Waals surface area (Å²) in [5.74, 6) is 0.196. The van der Waals surface area contributed by atoms with Gasteiger partial charge in [0.1, 0.15) is 12.4 Å². The number of aliphatic hydroxyl groups is 1. The molecule has 0 saturated carbocycles. The number of hydrogen-bond acceptors (Lipinski definition) is 2. The smallest absolute Gasteiger partial charge is 0.272 e. The van der Waals surface area contributed by atoms with Crippen LogP contribution in [0.1, 0.15) is 18.6 Å². The highest BCUT2D eigenvalue weighted by Crippen LogP contribution is 2.28. The number of alkyl halides is 2. The van der Waals surface area contributed by atoms with Gasteiger partial charge in [0.05, 0.1) is 11.1 Å². The fourth-order valence-corrected chi connectivity index (χ4v) is 1.29. The van der Waals surface area contributed by atoms with Crippen molar-refractivity contribution in [1.29, 1.82) is 0 Å². The van der Waals surface area contributed by atoms with Gasteiger partial charge >= 0.3 is 0 Å². The molecule has 5 heteroatoms. The third kappa shape index (κ3) is 3.64. The van der Waals surface area contributed by atoms with Gasteiger partial charge in [-0.05, 0) is 24.6 Å². The van der Waals surface area contributed by atoms with E-state index in [1.807, 2.05) is 0 Å². The van der Waals surface area contributed by atoms with E-state index in [-0.39, 0.29) is 10.8 Å². The van der Waals surface area contributed by atoms with Gasteiger partial charge in [0, 0.05) is 0 Å². The summed E-state index contributed by atoms with van der Waals surface area (Å²) in [7, 11) is 0. The van der Waals surface area contributed by atoms with E-state index in [2.05, 4.69) is 0 Å². The van der Waals surface area contributed by atoms with Gasteiger partial charge in [-0.2, -0.15) is 0 Å². The molecule has 0 fully saturated rings. The minimum Gasteiger partial charge on any atom is -0.486 e. The van der Waals surface area contributed by atoms with Crippen molar-refractivity contribution in [1.82, 2.24) is 0 Å². The molecule has 0 aliphatic carbocycles. The average Bonchev–Trinajstić information content (AvgIpc) is 2.15. The summed E-state index contributed by atoms with van der Waals surface area (Å²) in [6.45, 7) is 0.902. The van der Waals surface area contributed by atoms with Crippen LogP contribution in [0.5, 0.6) is 5.75 Å². The largest absolute Gasteiger partial charge is 0.486 e. The second kappa shape index (κ2) is 5.28. The number of ether oxygens (including phenoxy) is 1. The summed E-state index contributed by atoms with van der Waals surface area (Å²) in [5, 5.41) is 9.45. The van der Waals surface area contributed by atoms with E-state index in [0.29, 0.717) is 5.56 Å². The van der Waals surface area contributed by atoms with Crippen LogP contribution in [0.4, 0.5) is 8.78 Å². The second-order valence-corrected chi connectivity index (χ2v) is 3.48. The van der Waals surface area contributed by atoms with Crippen LogP contribution in [-0.2, 0) is 0 Å². The number of benzene rings is 1. The fraction of sp³-hybridized carbons (Fsp3) is 0.400. The minimum absolute atomic E-state index is 0.196. The number of halogens is 3. The van der Waals surface area contributed by atoms with Crippen molar-refractivity contribution >= 4 is 11.6 Å². The molecule has 0 aliphatic rings. The lowest BCUT2D eigenvalue weighted by atomic mass is 10.1. The predicted octanol–water partition coefficient (Wildman–Crippen LogP) is 3.04. The van der Waals surface area contributed by atoms with Gasteiger partial charge in [0.15, 0.2) is 0 Å². The Bertz CT molecular complexity index is 329. The minimum atomic E-state index is -2.53. The summed E-state index contributed by atoms with van der Waals surface area (Å²) in [5.41, 5.74) is 0.615. The van der Waals surface area contributed by atoms with Gasteiger partial charge < -0.3 is 9.84 Å². The van der Waals surface area contributed by atoms with Crippen LogP contribution in [0.25, 0.3) is 0 Å². The third-order valence-corrected chi connectivity index (χ3v) is 2.10. The first kappa shape index (κ1) is 12.2. The van der Waals surface area contributed by atoms with Crippen molar-refractivity contribution in [3.8, 4) is 5.75 Å². The van der Waals surface area contributed by atoms with Crippen LogP contribution in [0.2, 0.25) is 5.02 Å². The van der Waals surface area contributed by atoms with Gasteiger partial charge in [0.2, 0.25) is 0 Å². The molecule has 0 radical (unpaired) electrons. The molecule has 1 unspecified atom stereocenters. The van der Waals surface area contributed by atoms with Crippen LogP contribution < -0.4 is 4.74 Å². The second-order valence-electron chi connectivity index (χ2n) is 3.07. The average molecular weight is 237 g/mol. The molecule has 84 valence electrons. The highest BCUT2D eigenvalue weighted by molar-refractivity contribution is 6.32. The first-order valence-electron chi connectivity index (χ1n) is 4.39. The molecule has 1 rings (SSSR count). The van der Waals surface area contributed by atoms with Crippen molar-refractivity contribution in [3.05, 3.63) is 28.8 Å². The molecule has 0 saturated heterocycles. The lowest BCUT2D eigenvalue weighted by Gasteiger charge is -2.10. The molecule has 0 bridgehead atoms. The molecule has 0 aromatic heterocycles. The van der Waals surface area contributed by atoms with Crippen molar-refractivity contribution in [3.63, 3.8) is 0 Å². The Morgan fingerprint density at radius 3 is 2.60 bits per heavy atom. The van der Waals surface area contributed by atoms with Crippen molar-refractivity contribution in [2.45, 2.75) is 19.5 Å².